The van der Waals surface area contributed by atoms with Crippen LogP contribution in [0.1, 0.15) is 50.9 Å². The van der Waals surface area contributed by atoms with E-state index in [-0.39, 0.29) is 11.8 Å². The van der Waals surface area contributed by atoms with Gasteiger partial charge in [-0.25, -0.2) is 14.5 Å². The number of anilines is 1. The quantitative estimate of drug-likeness (QED) is 0.742. The van der Waals surface area contributed by atoms with Crippen molar-refractivity contribution in [3.8, 4) is 11.3 Å². The molecule has 1 fully saturated rings. The summed E-state index contributed by atoms with van der Waals surface area (Å²) in [5, 5.41) is 7.68. The van der Waals surface area contributed by atoms with E-state index in [1.165, 1.54) is 0 Å². The van der Waals surface area contributed by atoms with Crippen LogP contribution in [0.5, 0.6) is 0 Å². The van der Waals surface area contributed by atoms with Crippen molar-refractivity contribution in [3.05, 3.63) is 41.9 Å². The number of hydrogen-bond donors (Lipinski definition) is 1. The van der Waals surface area contributed by atoms with Crippen LogP contribution >= 0.6 is 0 Å². The van der Waals surface area contributed by atoms with Crippen LogP contribution in [0.2, 0.25) is 0 Å². The van der Waals surface area contributed by atoms with E-state index in [1.54, 1.807) is 4.52 Å². The number of nitrogens with one attached hydrogen (secondary N) is 1. The van der Waals surface area contributed by atoms with Crippen LogP contribution in [0.25, 0.3) is 17.0 Å². The summed E-state index contributed by atoms with van der Waals surface area (Å²) in [5.74, 6) is 0.930. The number of benzene rings is 1. The van der Waals surface area contributed by atoms with Crippen LogP contribution in [-0.4, -0.2) is 25.5 Å². The molecule has 4 rings (SSSR count). The van der Waals surface area contributed by atoms with Crippen LogP contribution < -0.4 is 5.32 Å². The van der Waals surface area contributed by atoms with Gasteiger partial charge >= 0.3 is 0 Å². The van der Waals surface area contributed by atoms with Crippen molar-refractivity contribution >= 4 is 17.4 Å². The Balaban J connectivity index is 1.55. The van der Waals surface area contributed by atoms with E-state index in [0.29, 0.717) is 5.78 Å². The standard InChI is InChI=1S/C21H25N5O/c1-3-17-18(4-2)25-26-13-19(24-21(26)23-17)14-9-11-16(12-10-14)22-20(27)15-7-5-6-8-15/h9-13,15H,3-8H2,1-2H3,(H,22,27). The first-order valence-corrected chi connectivity index (χ1v) is 9.84. The number of carbonyl (C=O) groups is 1. The van der Waals surface area contributed by atoms with Gasteiger partial charge in [-0.3, -0.25) is 4.79 Å². The van der Waals surface area contributed by atoms with Crippen LogP contribution in [0.4, 0.5) is 5.69 Å². The summed E-state index contributed by atoms with van der Waals surface area (Å²) >= 11 is 0. The molecule has 0 unspecified atom stereocenters. The molecule has 6 heteroatoms. The van der Waals surface area contributed by atoms with Crippen LogP contribution in [0.3, 0.4) is 0 Å². The molecule has 1 aliphatic rings. The van der Waals surface area contributed by atoms with Crippen molar-refractivity contribution in [3.63, 3.8) is 0 Å². The van der Waals surface area contributed by atoms with E-state index < -0.39 is 0 Å². The van der Waals surface area contributed by atoms with Crippen molar-refractivity contribution in [2.24, 2.45) is 5.92 Å². The molecule has 0 radical (unpaired) electrons. The molecule has 1 amide bonds. The van der Waals surface area contributed by atoms with Crippen LogP contribution in [0, 0.1) is 5.92 Å². The molecular weight excluding hydrogens is 338 g/mol. The SMILES string of the molecule is CCc1nc2nc(-c3ccc(NC(=O)C4CCCC4)cc3)cn2nc1CC. The molecule has 27 heavy (non-hydrogen) atoms. The molecule has 1 N–H and O–H groups in total. The third kappa shape index (κ3) is 3.56. The topological polar surface area (TPSA) is 72.2 Å². The molecule has 2 aromatic heterocycles. The molecule has 6 nitrogen and oxygen atoms in total. The van der Waals surface area contributed by atoms with Crippen molar-refractivity contribution in [1.82, 2.24) is 19.6 Å². The summed E-state index contributed by atoms with van der Waals surface area (Å²) in [4.78, 5) is 21.5. The lowest BCUT2D eigenvalue weighted by Gasteiger charge is -2.10. The molecule has 0 saturated heterocycles. The minimum absolute atomic E-state index is 0.139. The van der Waals surface area contributed by atoms with Crippen molar-refractivity contribution in [2.75, 3.05) is 5.32 Å². The highest BCUT2D eigenvalue weighted by Crippen LogP contribution is 2.27. The van der Waals surface area contributed by atoms with Gasteiger partial charge in [0.1, 0.15) is 0 Å². The largest absolute Gasteiger partial charge is 0.326 e. The number of amides is 1. The number of aryl methyl sites for hydroxylation is 2. The predicted octanol–water partition coefficient (Wildman–Crippen LogP) is 4.04. The summed E-state index contributed by atoms with van der Waals surface area (Å²) < 4.78 is 1.75. The Morgan fingerprint density at radius 2 is 1.78 bits per heavy atom. The molecule has 2 heterocycles. The first-order chi connectivity index (χ1) is 13.2. The van der Waals surface area contributed by atoms with E-state index in [4.69, 9.17) is 0 Å². The second kappa shape index (κ2) is 7.47. The van der Waals surface area contributed by atoms with Crippen molar-refractivity contribution in [1.29, 1.82) is 0 Å². The Kier molecular flexibility index (Phi) is 4.88. The zero-order chi connectivity index (χ0) is 18.8. The maximum atomic E-state index is 12.3. The maximum absolute atomic E-state index is 12.3. The highest BCUT2D eigenvalue weighted by molar-refractivity contribution is 5.92. The maximum Gasteiger partial charge on any atom is 0.251 e. The zero-order valence-corrected chi connectivity index (χ0v) is 15.9. The molecule has 0 aliphatic heterocycles. The summed E-state index contributed by atoms with van der Waals surface area (Å²) in [6.45, 7) is 4.17. The predicted molar refractivity (Wildman–Crippen MR) is 106 cm³/mol. The van der Waals surface area contributed by atoms with E-state index in [0.717, 1.165) is 66.9 Å². The molecule has 1 saturated carbocycles. The lowest BCUT2D eigenvalue weighted by Crippen LogP contribution is -2.20. The van der Waals surface area contributed by atoms with Crippen molar-refractivity contribution in [2.45, 2.75) is 52.4 Å². The average Bonchev–Trinajstić information content (AvgIpc) is 3.37. The molecule has 1 aromatic carbocycles. The van der Waals surface area contributed by atoms with Gasteiger partial charge in [-0.1, -0.05) is 38.8 Å². The van der Waals surface area contributed by atoms with Gasteiger partial charge < -0.3 is 5.32 Å². The normalized spacial score (nSPS) is 14.7. The number of carbonyl (C=O) groups excluding carboxylic acids is 1. The molecule has 0 atom stereocenters. The monoisotopic (exact) mass is 363 g/mol. The van der Waals surface area contributed by atoms with Crippen molar-refractivity contribution < 1.29 is 4.79 Å². The van der Waals surface area contributed by atoms with Crippen LogP contribution in [-0.2, 0) is 17.6 Å². The summed E-state index contributed by atoms with van der Waals surface area (Å²) in [6, 6.07) is 7.82. The van der Waals surface area contributed by atoms with Gasteiger partial charge in [-0.15, -0.1) is 0 Å². The fourth-order valence-electron chi connectivity index (χ4n) is 3.74. The van der Waals surface area contributed by atoms with Gasteiger partial charge in [0.25, 0.3) is 5.78 Å². The molecule has 140 valence electrons. The average molecular weight is 363 g/mol. The third-order valence-corrected chi connectivity index (χ3v) is 5.31. The number of rotatable bonds is 5. The smallest absolute Gasteiger partial charge is 0.251 e. The second-order valence-corrected chi connectivity index (χ2v) is 7.13. The number of nitrogens with zero attached hydrogens (tertiary/aromatic N) is 4. The lowest BCUT2D eigenvalue weighted by molar-refractivity contribution is -0.119. The Morgan fingerprint density at radius 1 is 1.07 bits per heavy atom. The fraction of sp³-hybridized carbons (Fsp3) is 0.429. The summed E-state index contributed by atoms with van der Waals surface area (Å²) in [6.07, 6.45) is 7.95. The Morgan fingerprint density at radius 3 is 2.44 bits per heavy atom. The second-order valence-electron chi connectivity index (χ2n) is 7.13. The number of aromatic nitrogens is 4. The summed E-state index contributed by atoms with van der Waals surface area (Å²) in [5.41, 5.74) is 4.67. The molecule has 0 spiro atoms. The zero-order valence-electron chi connectivity index (χ0n) is 15.9. The molecular formula is C21H25N5O. The number of fused-ring (bicyclic) bond motifs is 1. The Labute approximate surface area is 159 Å². The lowest BCUT2D eigenvalue weighted by atomic mass is 10.1. The highest BCUT2D eigenvalue weighted by Gasteiger charge is 2.22. The third-order valence-electron chi connectivity index (χ3n) is 5.31. The highest BCUT2D eigenvalue weighted by atomic mass is 16.1. The first-order valence-electron chi connectivity index (χ1n) is 9.84. The van der Waals surface area contributed by atoms with Crippen LogP contribution in [0.15, 0.2) is 30.5 Å². The summed E-state index contributed by atoms with van der Waals surface area (Å²) in [7, 11) is 0. The van der Waals surface area contributed by atoms with Gasteiger partial charge in [-0.05, 0) is 37.8 Å². The fourth-order valence-corrected chi connectivity index (χ4v) is 3.74. The van der Waals surface area contributed by atoms with E-state index in [2.05, 4.69) is 34.2 Å². The van der Waals surface area contributed by atoms with E-state index in [1.807, 2.05) is 30.5 Å². The molecule has 3 aromatic rings. The van der Waals surface area contributed by atoms with E-state index in [9.17, 15) is 4.79 Å². The van der Waals surface area contributed by atoms with Gasteiger partial charge in [0, 0.05) is 17.2 Å². The van der Waals surface area contributed by atoms with Gasteiger partial charge in [0.2, 0.25) is 5.91 Å². The Bertz CT molecular complexity index is 914. The van der Waals surface area contributed by atoms with Gasteiger partial charge in [0.15, 0.2) is 0 Å². The van der Waals surface area contributed by atoms with Gasteiger partial charge in [0.05, 0.1) is 23.3 Å². The number of hydrogen-bond acceptors (Lipinski definition) is 4. The number of imidazole rings is 1. The first kappa shape index (κ1) is 17.6. The van der Waals surface area contributed by atoms with E-state index >= 15 is 0 Å². The minimum atomic E-state index is 0.139. The molecule has 0 bridgehead atoms. The molecule has 1 aliphatic carbocycles. The minimum Gasteiger partial charge on any atom is -0.326 e. The Hall–Kier alpha value is -2.76. The van der Waals surface area contributed by atoms with Gasteiger partial charge in [-0.2, -0.15) is 5.10 Å².